The molecule has 1 amide bonds. The van der Waals surface area contributed by atoms with Crippen LogP contribution in [0.1, 0.15) is 33.6 Å². The van der Waals surface area contributed by atoms with Crippen LogP contribution in [0, 0.1) is 0 Å². The third-order valence-corrected chi connectivity index (χ3v) is 1.57. The lowest BCUT2D eigenvalue weighted by molar-refractivity contribution is -0.129. The van der Waals surface area contributed by atoms with E-state index in [1.165, 1.54) is 0 Å². The van der Waals surface area contributed by atoms with Crippen LogP contribution in [0.25, 0.3) is 0 Å². The third-order valence-electron chi connectivity index (χ3n) is 1.57. The minimum atomic E-state index is -0.167. The van der Waals surface area contributed by atoms with Crippen molar-refractivity contribution in [3.05, 3.63) is 0 Å². The van der Waals surface area contributed by atoms with Gasteiger partial charge in [0.15, 0.2) is 0 Å². The van der Waals surface area contributed by atoms with Crippen molar-refractivity contribution in [1.82, 2.24) is 5.32 Å². The first-order chi connectivity index (χ1) is 5.84. The van der Waals surface area contributed by atoms with Gasteiger partial charge in [0.25, 0.3) is 0 Å². The Labute approximate surface area is 74.5 Å². The molecule has 12 heavy (non-hydrogen) atoms. The molecule has 0 radical (unpaired) electrons. The molecular weight excluding hydrogens is 154 g/mol. The van der Waals surface area contributed by atoms with Gasteiger partial charge in [0.1, 0.15) is 6.10 Å². The second-order valence-corrected chi connectivity index (χ2v) is 2.40. The summed E-state index contributed by atoms with van der Waals surface area (Å²) >= 11 is 0. The molecule has 72 valence electrons. The van der Waals surface area contributed by atoms with Crippen molar-refractivity contribution >= 4 is 5.91 Å². The van der Waals surface area contributed by atoms with Crippen molar-refractivity contribution in [2.45, 2.75) is 39.7 Å². The van der Waals surface area contributed by atoms with E-state index in [1.54, 1.807) is 0 Å². The summed E-state index contributed by atoms with van der Waals surface area (Å²) in [6, 6.07) is 0. The van der Waals surface area contributed by atoms with Crippen LogP contribution in [-0.4, -0.2) is 25.2 Å². The van der Waals surface area contributed by atoms with Crippen LogP contribution in [-0.2, 0) is 9.53 Å². The van der Waals surface area contributed by atoms with Gasteiger partial charge in [0.05, 0.1) is 0 Å². The monoisotopic (exact) mass is 173 g/mol. The van der Waals surface area contributed by atoms with E-state index in [2.05, 4.69) is 5.32 Å². The minimum Gasteiger partial charge on any atom is -0.368 e. The topological polar surface area (TPSA) is 38.3 Å². The van der Waals surface area contributed by atoms with E-state index in [-0.39, 0.29) is 12.0 Å². The predicted octanol–water partition coefficient (Wildman–Crippen LogP) is 1.33. The van der Waals surface area contributed by atoms with Crippen molar-refractivity contribution in [3.63, 3.8) is 0 Å². The molecule has 0 spiro atoms. The second-order valence-electron chi connectivity index (χ2n) is 2.40. The highest BCUT2D eigenvalue weighted by atomic mass is 16.5. The number of nitrogens with one attached hydrogen (secondary N) is 1. The first kappa shape index (κ1) is 11.4. The standard InChI is InChI=1S/C7H13NO2.C2H6/c1-2-8-7(9)6-4-3-5-10-6;1-2/h6H,2-5H2,1H3,(H,8,9);1-2H3. The summed E-state index contributed by atoms with van der Waals surface area (Å²) in [7, 11) is 0. The van der Waals surface area contributed by atoms with Crippen molar-refractivity contribution < 1.29 is 9.53 Å². The number of carbonyl (C=O) groups excluding carboxylic acids is 1. The summed E-state index contributed by atoms with van der Waals surface area (Å²) in [4.78, 5) is 11.0. The molecule has 1 atom stereocenters. The van der Waals surface area contributed by atoms with E-state index >= 15 is 0 Å². The molecule has 0 bridgehead atoms. The van der Waals surface area contributed by atoms with Gasteiger partial charge in [-0.05, 0) is 19.8 Å². The average Bonchev–Trinajstić information content (AvgIpc) is 2.60. The number of hydrogen-bond acceptors (Lipinski definition) is 2. The molecule has 1 N–H and O–H groups in total. The summed E-state index contributed by atoms with van der Waals surface area (Å²) in [5, 5.41) is 2.72. The van der Waals surface area contributed by atoms with Gasteiger partial charge < -0.3 is 10.1 Å². The molecule has 1 aliphatic rings. The SMILES string of the molecule is CC.CCNC(=O)C1CCCO1. The maximum atomic E-state index is 11.0. The lowest BCUT2D eigenvalue weighted by Gasteiger charge is -2.07. The Morgan fingerprint density at radius 1 is 1.58 bits per heavy atom. The van der Waals surface area contributed by atoms with Gasteiger partial charge in [-0.2, -0.15) is 0 Å². The van der Waals surface area contributed by atoms with Gasteiger partial charge in [-0.3, -0.25) is 4.79 Å². The highest BCUT2D eigenvalue weighted by Gasteiger charge is 2.22. The quantitative estimate of drug-likeness (QED) is 0.684. The number of amides is 1. The molecule has 1 rings (SSSR count). The highest BCUT2D eigenvalue weighted by Crippen LogP contribution is 2.11. The lowest BCUT2D eigenvalue weighted by atomic mass is 10.2. The summed E-state index contributed by atoms with van der Waals surface area (Å²) in [5.74, 6) is 0.0417. The zero-order valence-corrected chi connectivity index (χ0v) is 8.22. The highest BCUT2D eigenvalue weighted by molar-refractivity contribution is 5.80. The second kappa shape index (κ2) is 7.10. The lowest BCUT2D eigenvalue weighted by Crippen LogP contribution is -2.33. The van der Waals surface area contributed by atoms with E-state index in [9.17, 15) is 4.79 Å². The molecule has 1 saturated heterocycles. The average molecular weight is 173 g/mol. The van der Waals surface area contributed by atoms with Crippen LogP contribution in [0.3, 0.4) is 0 Å². The third kappa shape index (κ3) is 3.72. The minimum absolute atomic E-state index is 0.0417. The van der Waals surface area contributed by atoms with Crippen LogP contribution < -0.4 is 5.32 Å². The Kier molecular flexibility index (Phi) is 6.76. The molecule has 0 aliphatic carbocycles. The van der Waals surface area contributed by atoms with Crippen molar-refractivity contribution in [2.75, 3.05) is 13.2 Å². The summed E-state index contributed by atoms with van der Waals surface area (Å²) in [5.41, 5.74) is 0. The predicted molar refractivity (Wildman–Crippen MR) is 49.0 cm³/mol. The normalized spacial score (nSPS) is 21.1. The molecule has 3 heteroatoms. The zero-order chi connectivity index (χ0) is 9.40. The van der Waals surface area contributed by atoms with Crippen LogP contribution in [0.4, 0.5) is 0 Å². The van der Waals surface area contributed by atoms with Crippen molar-refractivity contribution in [2.24, 2.45) is 0 Å². The number of likely N-dealkylation sites (N-methyl/N-ethyl adjacent to an activating group) is 1. The molecule has 0 aromatic rings. The van der Waals surface area contributed by atoms with E-state index < -0.39 is 0 Å². The Balaban J connectivity index is 0.000000561. The molecule has 1 unspecified atom stereocenters. The number of carbonyl (C=O) groups is 1. The summed E-state index contributed by atoms with van der Waals surface area (Å²) in [6.45, 7) is 7.34. The molecule has 3 nitrogen and oxygen atoms in total. The molecular formula is C9H19NO2. The van der Waals surface area contributed by atoms with Gasteiger partial charge in [0, 0.05) is 13.2 Å². The van der Waals surface area contributed by atoms with Gasteiger partial charge in [-0.15, -0.1) is 0 Å². The molecule has 0 aromatic heterocycles. The Morgan fingerprint density at radius 2 is 2.25 bits per heavy atom. The zero-order valence-electron chi connectivity index (χ0n) is 8.22. The largest absolute Gasteiger partial charge is 0.368 e. The van der Waals surface area contributed by atoms with E-state index in [1.807, 2.05) is 20.8 Å². The maximum Gasteiger partial charge on any atom is 0.249 e. The van der Waals surface area contributed by atoms with Gasteiger partial charge in [-0.25, -0.2) is 0 Å². The molecule has 1 aliphatic heterocycles. The van der Waals surface area contributed by atoms with Crippen LogP contribution >= 0.6 is 0 Å². The van der Waals surface area contributed by atoms with Crippen LogP contribution in [0.15, 0.2) is 0 Å². The molecule has 1 heterocycles. The first-order valence-electron chi connectivity index (χ1n) is 4.74. The molecule has 0 saturated carbocycles. The number of ether oxygens (including phenoxy) is 1. The smallest absolute Gasteiger partial charge is 0.249 e. The Bertz CT molecular complexity index is 120. The van der Waals surface area contributed by atoms with E-state index in [0.29, 0.717) is 6.54 Å². The van der Waals surface area contributed by atoms with Gasteiger partial charge in [0.2, 0.25) is 5.91 Å². The molecule has 1 fully saturated rings. The fourth-order valence-corrected chi connectivity index (χ4v) is 1.07. The fourth-order valence-electron chi connectivity index (χ4n) is 1.07. The summed E-state index contributed by atoms with van der Waals surface area (Å²) < 4.78 is 5.16. The van der Waals surface area contributed by atoms with Crippen molar-refractivity contribution in [1.29, 1.82) is 0 Å². The van der Waals surface area contributed by atoms with Crippen molar-refractivity contribution in [3.8, 4) is 0 Å². The van der Waals surface area contributed by atoms with E-state index in [4.69, 9.17) is 4.74 Å². The molecule has 0 aromatic carbocycles. The van der Waals surface area contributed by atoms with Gasteiger partial charge >= 0.3 is 0 Å². The van der Waals surface area contributed by atoms with Crippen LogP contribution in [0.2, 0.25) is 0 Å². The Hall–Kier alpha value is -0.570. The van der Waals surface area contributed by atoms with Crippen LogP contribution in [0.5, 0.6) is 0 Å². The Morgan fingerprint density at radius 3 is 2.67 bits per heavy atom. The number of hydrogen-bond donors (Lipinski definition) is 1. The maximum absolute atomic E-state index is 11.0. The fraction of sp³-hybridized carbons (Fsp3) is 0.889. The van der Waals surface area contributed by atoms with E-state index in [0.717, 1.165) is 19.4 Å². The summed E-state index contributed by atoms with van der Waals surface area (Å²) in [6.07, 6.45) is 1.73. The first-order valence-corrected chi connectivity index (χ1v) is 4.74. The van der Waals surface area contributed by atoms with Gasteiger partial charge in [-0.1, -0.05) is 13.8 Å². The number of rotatable bonds is 2.